The second kappa shape index (κ2) is 6.71. The molecule has 3 rings (SSSR count). The number of carbonyl (C=O) groups is 1. The van der Waals surface area contributed by atoms with Gasteiger partial charge in [0.1, 0.15) is 0 Å². The highest BCUT2D eigenvalue weighted by molar-refractivity contribution is 5.79. The number of nitrogen functional groups attached to an aromatic ring is 1. The van der Waals surface area contributed by atoms with E-state index < -0.39 is 0 Å². The Balaban J connectivity index is 1.71. The number of nitrogens with one attached hydrogen (secondary N) is 1. The fourth-order valence-corrected chi connectivity index (χ4v) is 2.54. The summed E-state index contributed by atoms with van der Waals surface area (Å²) >= 11 is 0. The molecule has 0 radical (unpaired) electrons. The molecule has 130 valence electrons. The number of hydrogen-bond acceptors (Lipinski definition) is 7. The van der Waals surface area contributed by atoms with Crippen LogP contribution in [0.5, 0.6) is 5.88 Å². The lowest BCUT2D eigenvalue weighted by molar-refractivity contribution is -0.120. The topological polar surface area (TPSA) is 120 Å². The number of nitrogens with zero attached hydrogens (tertiary/aromatic N) is 5. The summed E-state index contributed by atoms with van der Waals surface area (Å²) in [4.78, 5) is 24.8. The van der Waals surface area contributed by atoms with Gasteiger partial charge in [0.15, 0.2) is 0 Å². The number of anilines is 1. The van der Waals surface area contributed by atoms with Gasteiger partial charge in [-0.05, 0) is 19.4 Å². The van der Waals surface area contributed by atoms with Gasteiger partial charge in [-0.3, -0.25) is 4.79 Å². The molecule has 3 N–H and O–H groups in total. The zero-order chi connectivity index (χ0) is 18.0. The van der Waals surface area contributed by atoms with Gasteiger partial charge in [0.25, 0.3) is 5.78 Å². The third-order valence-electron chi connectivity index (χ3n) is 3.90. The Morgan fingerprint density at radius 2 is 2.12 bits per heavy atom. The number of aryl methyl sites for hydroxylation is 2. The van der Waals surface area contributed by atoms with Crippen molar-refractivity contribution in [1.29, 1.82) is 0 Å². The maximum atomic E-state index is 12.3. The second-order valence-electron chi connectivity index (χ2n) is 5.61. The van der Waals surface area contributed by atoms with Gasteiger partial charge in [-0.1, -0.05) is 6.07 Å². The first-order chi connectivity index (χ1) is 12.0. The van der Waals surface area contributed by atoms with Crippen molar-refractivity contribution in [2.24, 2.45) is 0 Å². The van der Waals surface area contributed by atoms with Crippen LogP contribution in [0.25, 0.3) is 5.78 Å². The van der Waals surface area contributed by atoms with Crippen molar-refractivity contribution < 1.29 is 9.53 Å². The molecule has 3 heterocycles. The van der Waals surface area contributed by atoms with Gasteiger partial charge in [-0.25, -0.2) is 9.97 Å². The molecule has 0 aromatic carbocycles. The van der Waals surface area contributed by atoms with Gasteiger partial charge in [0, 0.05) is 35.8 Å². The molecule has 0 saturated carbocycles. The van der Waals surface area contributed by atoms with E-state index in [1.165, 1.54) is 0 Å². The monoisotopic (exact) mass is 341 g/mol. The summed E-state index contributed by atoms with van der Waals surface area (Å²) < 4.78 is 6.56. The third-order valence-corrected chi connectivity index (χ3v) is 3.90. The van der Waals surface area contributed by atoms with Crippen LogP contribution in [0.3, 0.4) is 0 Å². The van der Waals surface area contributed by atoms with Crippen molar-refractivity contribution in [2.45, 2.75) is 26.8 Å². The first-order valence-corrected chi connectivity index (χ1v) is 7.72. The van der Waals surface area contributed by atoms with Gasteiger partial charge >= 0.3 is 0 Å². The van der Waals surface area contributed by atoms with Gasteiger partial charge in [-0.2, -0.15) is 9.50 Å². The molecule has 9 heteroatoms. The van der Waals surface area contributed by atoms with Gasteiger partial charge in [0.2, 0.25) is 17.7 Å². The summed E-state index contributed by atoms with van der Waals surface area (Å²) in [6.45, 7) is 4.10. The summed E-state index contributed by atoms with van der Waals surface area (Å²) in [5.41, 5.74) is 8.85. The highest BCUT2D eigenvalue weighted by atomic mass is 16.5. The predicted octanol–water partition coefficient (Wildman–Crippen LogP) is 0.586. The Morgan fingerprint density at radius 3 is 2.80 bits per heavy atom. The van der Waals surface area contributed by atoms with E-state index in [-0.39, 0.29) is 18.3 Å². The number of nitrogens with two attached hydrogens (primary N) is 1. The molecule has 0 atom stereocenters. The standard InChI is InChI=1S/C16H19N7O2/c1-9-12(10(2)23-16(20-9)21-15(17)22-23)6-13(24)18-7-11-4-5-14(25-3)19-8-11/h4-5,8H,6-7H2,1-3H3,(H2,17,22)(H,18,24). The lowest BCUT2D eigenvalue weighted by atomic mass is 10.1. The molecule has 1 amide bonds. The van der Waals surface area contributed by atoms with E-state index in [9.17, 15) is 4.79 Å². The number of rotatable bonds is 5. The number of fused-ring (bicyclic) bond motifs is 1. The van der Waals surface area contributed by atoms with Crippen LogP contribution in [0.15, 0.2) is 18.3 Å². The fourth-order valence-electron chi connectivity index (χ4n) is 2.54. The third kappa shape index (κ3) is 3.49. The molecular formula is C16H19N7O2. The SMILES string of the molecule is COc1ccc(CNC(=O)Cc2c(C)nc3nc(N)nn3c2C)cn1. The van der Waals surface area contributed by atoms with Crippen molar-refractivity contribution in [3.8, 4) is 5.88 Å². The van der Waals surface area contributed by atoms with Crippen LogP contribution in [-0.2, 0) is 17.8 Å². The number of methoxy groups -OCH3 is 1. The van der Waals surface area contributed by atoms with Crippen LogP contribution >= 0.6 is 0 Å². The molecule has 0 aliphatic carbocycles. The highest BCUT2D eigenvalue weighted by Gasteiger charge is 2.15. The number of ether oxygens (including phenoxy) is 1. The molecule has 25 heavy (non-hydrogen) atoms. The smallest absolute Gasteiger partial charge is 0.254 e. The number of pyridine rings is 1. The van der Waals surface area contributed by atoms with E-state index in [4.69, 9.17) is 10.5 Å². The largest absolute Gasteiger partial charge is 0.481 e. The van der Waals surface area contributed by atoms with Crippen molar-refractivity contribution in [2.75, 3.05) is 12.8 Å². The zero-order valence-electron chi connectivity index (χ0n) is 14.3. The number of hydrogen-bond donors (Lipinski definition) is 2. The number of carbonyl (C=O) groups excluding carboxylic acids is 1. The first kappa shape index (κ1) is 16.6. The molecule has 0 saturated heterocycles. The van der Waals surface area contributed by atoms with Crippen LogP contribution in [0, 0.1) is 13.8 Å². The van der Waals surface area contributed by atoms with E-state index in [0.29, 0.717) is 18.2 Å². The van der Waals surface area contributed by atoms with Crippen LogP contribution in [0.1, 0.15) is 22.5 Å². The maximum Gasteiger partial charge on any atom is 0.254 e. The van der Waals surface area contributed by atoms with Crippen LogP contribution in [0.2, 0.25) is 0 Å². The fraction of sp³-hybridized carbons (Fsp3) is 0.312. The number of amides is 1. The summed E-state index contributed by atoms with van der Waals surface area (Å²) in [7, 11) is 1.56. The average molecular weight is 341 g/mol. The van der Waals surface area contributed by atoms with Gasteiger partial charge < -0.3 is 15.8 Å². The van der Waals surface area contributed by atoms with Crippen LogP contribution in [0.4, 0.5) is 5.95 Å². The summed E-state index contributed by atoms with van der Waals surface area (Å²) in [5, 5.41) is 6.98. The minimum absolute atomic E-state index is 0.115. The number of aromatic nitrogens is 5. The predicted molar refractivity (Wildman–Crippen MR) is 91.0 cm³/mol. The summed E-state index contributed by atoms with van der Waals surface area (Å²) in [6.07, 6.45) is 1.87. The molecule has 0 aliphatic heterocycles. The Morgan fingerprint density at radius 1 is 1.32 bits per heavy atom. The molecule has 0 spiro atoms. The lowest BCUT2D eigenvalue weighted by Gasteiger charge is -2.11. The lowest BCUT2D eigenvalue weighted by Crippen LogP contribution is -2.26. The van der Waals surface area contributed by atoms with Crippen molar-refractivity contribution in [3.63, 3.8) is 0 Å². The minimum Gasteiger partial charge on any atom is -0.481 e. The zero-order valence-corrected chi connectivity index (χ0v) is 14.3. The quantitative estimate of drug-likeness (QED) is 0.696. The summed E-state index contributed by atoms with van der Waals surface area (Å²) in [5.74, 6) is 1.01. The van der Waals surface area contributed by atoms with Crippen molar-refractivity contribution >= 4 is 17.6 Å². The Bertz CT molecular complexity index is 918. The molecule has 0 aliphatic rings. The van der Waals surface area contributed by atoms with E-state index >= 15 is 0 Å². The van der Waals surface area contributed by atoms with Crippen LogP contribution in [-0.4, -0.2) is 37.6 Å². The average Bonchev–Trinajstić information content (AvgIpc) is 2.97. The van der Waals surface area contributed by atoms with Gasteiger partial charge in [0.05, 0.1) is 13.5 Å². The Hall–Kier alpha value is -3.23. The molecule has 0 bridgehead atoms. The normalized spacial score (nSPS) is 10.8. The first-order valence-electron chi connectivity index (χ1n) is 7.72. The second-order valence-corrected chi connectivity index (χ2v) is 5.61. The minimum atomic E-state index is -0.115. The molecular weight excluding hydrogens is 322 g/mol. The summed E-state index contributed by atoms with van der Waals surface area (Å²) in [6, 6.07) is 3.61. The van der Waals surface area contributed by atoms with Crippen molar-refractivity contribution in [1.82, 2.24) is 29.9 Å². The van der Waals surface area contributed by atoms with E-state index in [1.54, 1.807) is 23.9 Å². The molecule has 3 aromatic rings. The molecule has 0 unspecified atom stereocenters. The maximum absolute atomic E-state index is 12.3. The van der Waals surface area contributed by atoms with E-state index in [1.807, 2.05) is 19.9 Å². The Labute approximate surface area is 144 Å². The molecule has 0 fully saturated rings. The van der Waals surface area contributed by atoms with Crippen molar-refractivity contribution in [3.05, 3.63) is 40.8 Å². The molecule has 9 nitrogen and oxygen atoms in total. The van der Waals surface area contributed by atoms with Gasteiger partial charge in [-0.15, -0.1) is 5.10 Å². The Kier molecular flexibility index (Phi) is 4.46. The highest BCUT2D eigenvalue weighted by Crippen LogP contribution is 2.15. The van der Waals surface area contributed by atoms with Crippen LogP contribution < -0.4 is 15.8 Å². The van der Waals surface area contributed by atoms with E-state index in [2.05, 4.69) is 25.4 Å². The van der Waals surface area contributed by atoms with E-state index in [0.717, 1.165) is 22.5 Å². The molecule has 3 aromatic heterocycles.